The summed E-state index contributed by atoms with van der Waals surface area (Å²) in [6, 6.07) is 3.01. The molecular weight excluding hydrogens is 397 g/mol. The molecule has 2 aromatic rings. The Morgan fingerprint density at radius 1 is 0.968 bits per heavy atom. The Balaban J connectivity index is 2.03. The molecule has 0 aliphatic rings. The van der Waals surface area contributed by atoms with Crippen molar-refractivity contribution in [1.82, 2.24) is 9.97 Å². The minimum Gasteiger partial charge on any atom is -0.236 e. The number of aryl methyl sites for hydroxylation is 2. The van der Waals surface area contributed by atoms with Crippen molar-refractivity contribution in [3.05, 3.63) is 120 Å². The fourth-order valence-corrected chi connectivity index (χ4v) is 2.56. The second kappa shape index (κ2) is 10.5. The van der Waals surface area contributed by atoms with Crippen molar-refractivity contribution in [1.29, 1.82) is 0 Å². The molecule has 0 aliphatic carbocycles. The van der Waals surface area contributed by atoms with Crippen LogP contribution < -0.4 is 0 Å². The zero-order valence-corrected chi connectivity index (χ0v) is 17.8. The number of halogens is 3. The maximum atomic E-state index is 14.5. The molecule has 2 nitrogen and oxygen atoms in total. The average Bonchev–Trinajstić information content (AvgIpc) is 2.73. The molecule has 0 saturated heterocycles. The summed E-state index contributed by atoms with van der Waals surface area (Å²) in [6.45, 7) is 18.4. The van der Waals surface area contributed by atoms with Gasteiger partial charge in [-0.15, -0.1) is 0 Å². The molecule has 5 heteroatoms. The van der Waals surface area contributed by atoms with Crippen LogP contribution in [0.4, 0.5) is 13.2 Å². The number of rotatable bonds is 9. The first-order valence-electron chi connectivity index (χ1n) is 9.63. The summed E-state index contributed by atoms with van der Waals surface area (Å²) in [5.74, 6) is -2.22. The Hall–Kier alpha value is -3.47. The van der Waals surface area contributed by atoms with Gasteiger partial charge in [0.25, 0.3) is 0 Å². The van der Waals surface area contributed by atoms with E-state index in [0.717, 1.165) is 5.56 Å². The van der Waals surface area contributed by atoms with E-state index in [4.69, 9.17) is 0 Å². The number of aromatic nitrogens is 2. The van der Waals surface area contributed by atoms with Crippen LogP contribution in [0.1, 0.15) is 24.5 Å². The van der Waals surface area contributed by atoms with Gasteiger partial charge in [0.1, 0.15) is 5.83 Å². The van der Waals surface area contributed by atoms with Gasteiger partial charge in [0.2, 0.25) is 0 Å². The lowest BCUT2D eigenvalue weighted by molar-refractivity contribution is 0.500. The molecule has 0 radical (unpaired) electrons. The lowest BCUT2D eigenvalue weighted by atomic mass is 10.0. The Labute approximate surface area is 181 Å². The number of hydrogen-bond acceptors (Lipinski definition) is 2. The van der Waals surface area contributed by atoms with Gasteiger partial charge in [-0.1, -0.05) is 50.1 Å². The zero-order chi connectivity index (χ0) is 23.1. The van der Waals surface area contributed by atoms with Crippen LogP contribution in [-0.4, -0.2) is 9.97 Å². The predicted molar refractivity (Wildman–Crippen MR) is 121 cm³/mol. The highest BCUT2D eigenvalue weighted by atomic mass is 19.2. The Morgan fingerprint density at radius 3 is 2.23 bits per heavy atom. The van der Waals surface area contributed by atoms with Gasteiger partial charge < -0.3 is 0 Å². The molecule has 0 saturated carbocycles. The van der Waals surface area contributed by atoms with Crippen LogP contribution in [0.5, 0.6) is 0 Å². The molecule has 0 fully saturated rings. The standard InChI is InChI=1S/C26H25F3N2/c1-16(2)23(27)13-20(6)19(5)9-7-17(3)8-10-21-11-12-22(25(29)24(21)28)26-30-14-18(4)15-31-26/h7,9,11-15H,1,3,5-6,8,10H2,2,4H3/b9-7-,23-13+. The van der Waals surface area contributed by atoms with Crippen molar-refractivity contribution in [2.75, 3.05) is 0 Å². The molecule has 160 valence electrons. The van der Waals surface area contributed by atoms with E-state index in [1.165, 1.54) is 18.2 Å². The summed E-state index contributed by atoms with van der Waals surface area (Å²) in [5.41, 5.74) is 2.99. The van der Waals surface area contributed by atoms with Gasteiger partial charge in [0, 0.05) is 12.4 Å². The highest BCUT2D eigenvalue weighted by molar-refractivity contribution is 5.56. The molecule has 0 bridgehead atoms. The molecule has 1 aromatic carbocycles. The van der Waals surface area contributed by atoms with Crippen molar-refractivity contribution in [3.63, 3.8) is 0 Å². The first-order chi connectivity index (χ1) is 14.6. The van der Waals surface area contributed by atoms with Crippen LogP contribution in [0.2, 0.25) is 0 Å². The lowest BCUT2D eigenvalue weighted by Gasteiger charge is -2.08. The van der Waals surface area contributed by atoms with Crippen LogP contribution in [0.25, 0.3) is 11.4 Å². The smallest absolute Gasteiger partial charge is 0.170 e. The summed E-state index contributed by atoms with van der Waals surface area (Å²) < 4.78 is 42.7. The zero-order valence-electron chi connectivity index (χ0n) is 17.8. The Morgan fingerprint density at radius 2 is 1.61 bits per heavy atom. The second-order valence-corrected chi connectivity index (χ2v) is 7.30. The minimum absolute atomic E-state index is 0.0184. The second-order valence-electron chi connectivity index (χ2n) is 7.30. The molecule has 1 heterocycles. The van der Waals surface area contributed by atoms with Crippen molar-refractivity contribution in [3.8, 4) is 11.4 Å². The third kappa shape index (κ3) is 6.51. The van der Waals surface area contributed by atoms with Gasteiger partial charge >= 0.3 is 0 Å². The quantitative estimate of drug-likeness (QED) is 0.396. The number of allylic oxidation sites excluding steroid dienone is 8. The molecule has 0 spiro atoms. The van der Waals surface area contributed by atoms with Crippen molar-refractivity contribution in [2.24, 2.45) is 0 Å². The highest BCUT2D eigenvalue weighted by Gasteiger charge is 2.16. The number of nitrogens with zero attached hydrogens (tertiary/aromatic N) is 2. The Bertz CT molecular complexity index is 1090. The van der Waals surface area contributed by atoms with E-state index in [1.54, 1.807) is 31.5 Å². The third-order valence-electron chi connectivity index (χ3n) is 4.54. The summed E-state index contributed by atoms with van der Waals surface area (Å²) in [7, 11) is 0. The summed E-state index contributed by atoms with van der Waals surface area (Å²) in [5, 5.41) is 0. The molecule has 0 amide bonds. The van der Waals surface area contributed by atoms with E-state index in [9.17, 15) is 13.2 Å². The number of benzene rings is 1. The normalized spacial score (nSPS) is 11.6. The predicted octanol–water partition coefficient (Wildman–Crippen LogP) is 7.32. The monoisotopic (exact) mass is 422 g/mol. The van der Waals surface area contributed by atoms with Crippen LogP contribution in [0.15, 0.2) is 97.2 Å². The summed E-state index contributed by atoms with van der Waals surface area (Å²) >= 11 is 0. The van der Waals surface area contributed by atoms with E-state index in [-0.39, 0.29) is 23.4 Å². The van der Waals surface area contributed by atoms with Crippen molar-refractivity contribution < 1.29 is 13.2 Å². The van der Waals surface area contributed by atoms with Crippen LogP contribution in [0, 0.1) is 18.6 Å². The molecule has 0 N–H and O–H groups in total. The van der Waals surface area contributed by atoms with E-state index in [2.05, 4.69) is 36.3 Å². The average molecular weight is 422 g/mol. The Kier molecular flexibility index (Phi) is 8.08. The minimum atomic E-state index is -0.974. The number of hydrogen-bond donors (Lipinski definition) is 0. The maximum absolute atomic E-state index is 14.5. The van der Waals surface area contributed by atoms with Crippen LogP contribution >= 0.6 is 0 Å². The van der Waals surface area contributed by atoms with E-state index in [1.807, 2.05) is 6.92 Å². The molecule has 0 unspecified atom stereocenters. The van der Waals surface area contributed by atoms with E-state index < -0.39 is 17.5 Å². The molecular formula is C26H25F3N2. The van der Waals surface area contributed by atoms with Crippen molar-refractivity contribution in [2.45, 2.75) is 26.7 Å². The maximum Gasteiger partial charge on any atom is 0.170 e. The van der Waals surface area contributed by atoms with Gasteiger partial charge in [-0.05, 0) is 66.7 Å². The fraction of sp³-hybridized carbons (Fsp3) is 0.154. The van der Waals surface area contributed by atoms with Crippen LogP contribution in [0.3, 0.4) is 0 Å². The summed E-state index contributed by atoms with van der Waals surface area (Å²) in [4.78, 5) is 8.10. The van der Waals surface area contributed by atoms with Gasteiger partial charge in [-0.3, -0.25) is 0 Å². The first-order valence-corrected chi connectivity index (χ1v) is 9.63. The SMILES string of the molecule is C=C(/C=C\C(=C)C(=C)/C=C(/F)C(=C)C)CCc1ccc(-c2ncc(C)cn2)c(F)c1F. The van der Waals surface area contributed by atoms with Crippen molar-refractivity contribution >= 4 is 0 Å². The van der Waals surface area contributed by atoms with Gasteiger partial charge in [0.05, 0.1) is 5.56 Å². The van der Waals surface area contributed by atoms with Gasteiger partial charge in [0.15, 0.2) is 17.5 Å². The highest BCUT2D eigenvalue weighted by Crippen LogP contribution is 2.25. The summed E-state index contributed by atoms with van der Waals surface area (Å²) in [6.07, 6.45) is 8.38. The van der Waals surface area contributed by atoms with Gasteiger partial charge in [-0.25, -0.2) is 23.1 Å². The third-order valence-corrected chi connectivity index (χ3v) is 4.54. The van der Waals surface area contributed by atoms with Gasteiger partial charge in [-0.2, -0.15) is 0 Å². The fourth-order valence-electron chi connectivity index (χ4n) is 2.56. The first kappa shape index (κ1) is 23.8. The van der Waals surface area contributed by atoms with E-state index >= 15 is 0 Å². The largest absolute Gasteiger partial charge is 0.236 e. The molecule has 31 heavy (non-hydrogen) atoms. The molecule has 1 aromatic heterocycles. The van der Waals surface area contributed by atoms with E-state index in [0.29, 0.717) is 28.7 Å². The van der Waals surface area contributed by atoms with Crippen LogP contribution in [-0.2, 0) is 6.42 Å². The molecule has 0 aliphatic heterocycles. The topological polar surface area (TPSA) is 25.8 Å². The lowest BCUT2D eigenvalue weighted by Crippen LogP contribution is -2.00. The molecule has 0 atom stereocenters. The molecule has 2 rings (SSSR count).